The first-order valence-corrected chi connectivity index (χ1v) is 8.56. The van der Waals surface area contributed by atoms with Crippen LogP contribution in [-0.2, 0) is 9.53 Å². The van der Waals surface area contributed by atoms with Gasteiger partial charge in [0.2, 0.25) is 0 Å². The van der Waals surface area contributed by atoms with E-state index in [4.69, 9.17) is 4.74 Å². The number of nitrogens with zero attached hydrogens (tertiary/aromatic N) is 1. The number of aliphatic hydroxyl groups excluding tert-OH is 1. The first-order valence-electron chi connectivity index (χ1n) is 8.56. The minimum Gasteiger partial charge on any atom is -0.469 e. The number of methoxy groups -OCH3 is 1. The molecule has 4 rings (SSSR count). The van der Waals surface area contributed by atoms with Crippen LogP contribution in [0.2, 0.25) is 0 Å². The average molecular weight is 325 g/mol. The summed E-state index contributed by atoms with van der Waals surface area (Å²) >= 11 is 0. The first-order chi connectivity index (χ1) is 11.6. The van der Waals surface area contributed by atoms with Crippen LogP contribution in [0.3, 0.4) is 0 Å². The quantitative estimate of drug-likeness (QED) is 0.862. The lowest BCUT2D eigenvalue weighted by Gasteiger charge is -2.41. The Morgan fingerprint density at radius 2 is 1.88 bits per heavy atom. The fourth-order valence-corrected chi connectivity index (χ4v) is 4.73. The van der Waals surface area contributed by atoms with Gasteiger partial charge in [-0.2, -0.15) is 0 Å². The van der Waals surface area contributed by atoms with Crippen LogP contribution in [0.15, 0.2) is 42.5 Å². The van der Waals surface area contributed by atoms with E-state index >= 15 is 0 Å². The smallest absolute Gasteiger partial charge is 0.310 e. The SMILES string of the molecule is COC(=O)[C@@H]1C2C[C@H](O)C(C[C@H]1c1ccc3ccccc3c1)N2C. The fraction of sp³-hybridized carbons (Fsp3) is 0.450. The summed E-state index contributed by atoms with van der Waals surface area (Å²) in [5, 5.41) is 12.8. The summed E-state index contributed by atoms with van der Waals surface area (Å²) in [4.78, 5) is 14.7. The van der Waals surface area contributed by atoms with Crippen molar-refractivity contribution in [1.29, 1.82) is 0 Å². The monoisotopic (exact) mass is 325 g/mol. The second-order valence-electron chi connectivity index (χ2n) is 7.10. The zero-order valence-corrected chi connectivity index (χ0v) is 14.1. The maximum absolute atomic E-state index is 12.5. The van der Waals surface area contributed by atoms with Crippen molar-refractivity contribution in [3.63, 3.8) is 0 Å². The number of carbonyl (C=O) groups is 1. The molecule has 24 heavy (non-hydrogen) atoms. The molecule has 0 radical (unpaired) electrons. The lowest BCUT2D eigenvalue weighted by molar-refractivity contribution is -0.150. The zero-order chi connectivity index (χ0) is 16.8. The third-order valence-electron chi connectivity index (χ3n) is 5.99. The normalized spacial score (nSPS) is 32.9. The number of benzene rings is 2. The summed E-state index contributed by atoms with van der Waals surface area (Å²) in [5.74, 6) is -0.308. The summed E-state index contributed by atoms with van der Waals surface area (Å²) in [6, 6.07) is 14.9. The number of esters is 1. The van der Waals surface area contributed by atoms with Gasteiger partial charge in [-0.3, -0.25) is 9.69 Å². The Labute approximate surface area is 142 Å². The Bertz CT molecular complexity index is 774. The van der Waals surface area contributed by atoms with Crippen molar-refractivity contribution in [3.05, 3.63) is 48.0 Å². The minimum atomic E-state index is -0.363. The third-order valence-corrected chi connectivity index (χ3v) is 5.99. The van der Waals surface area contributed by atoms with Crippen molar-refractivity contribution in [2.24, 2.45) is 5.92 Å². The molecule has 2 aromatic rings. The van der Waals surface area contributed by atoms with Crippen LogP contribution in [0.4, 0.5) is 0 Å². The van der Waals surface area contributed by atoms with Gasteiger partial charge in [-0.05, 0) is 36.2 Å². The number of hydrogen-bond donors (Lipinski definition) is 1. The van der Waals surface area contributed by atoms with Crippen LogP contribution in [0.1, 0.15) is 24.3 Å². The van der Waals surface area contributed by atoms with Gasteiger partial charge in [0.15, 0.2) is 0 Å². The van der Waals surface area contributed by atoms with Crippen LogP contribution in [0.5, 0.6) is 0 Å². The standard InChI is InChI=1S/C20H23NO3/c1-21-16-10-15(19(20(23)24-2)17(21)11-18(16)22)14-8-7-12-5-3-4-6-13(12)9-14/h3-9,15-19,22H,10-11H2,1-2H3/t15-,16?,17?,18-,19-/m0/s1. The highest BCUT2D eigenvalue weighted by Gasteiger charge is 2.53. The van der Waals surface area contributed by atoms with E-state index in [0.717, 1.165) is 6.42 Å². The van der Waals surface area contributed by atoms with E-state index in [1.54, 1.807) is 0 Å². The lowest BCUT2D eigenvalue weighted by atomic mass is 9.76. The Hall–Kier alpha value is -1.91. The molecule has 2 aromatic carbocycles. The molecule has 2 aliphatic rings. The Morgan fingerprint density at radius 1 is 1.12 bits per heavy atom. The molecule has 4 heteroatoms. The molecule has 2 unspecified atom stereocenters. The number of likely N-dealkylation sites (N-methyl/N-ethyl adjacent to an activating group) is 1. The highest BCUT2D eigenvalue weighted by Crippen LogP contribution is 2.47. The van der Waals surface area contributed by atoms with Gasteiger partial charge in [-0.25, -0.2) is 0 Å². The Kier molecular flexibility index (Phi) is 3.82. The number of rotatable bonds is 2. The van der Waals surface area contributed by atoms with Crippen LogP contribution in [0, 0.1) is 5.92 Å². The molecule has 2 saturated heterocycles. The van der Waals surface area contributed by atoms with Crippen LogP contribution >= 0.6 is 0 Å². The third kappa shape index (κ3) is 2.33. The van der Waals surface area contributed by atoms with Gasteiger partial charge in [0, 0.05) is 18.0 Å². The maximum atomic E-state index is 12.5. The van der Waals surface area contributed by atoms with Crippen molar-refractivity contribution >= 4 is 16.7 Å². The molecule has 0 amide bonds. The van der Waals surface area contributed by atoms with Gasteiger partial charge < -0.3 is 9.84 Å². The van der Waals surface area contributed by atoms with E-state index < -0.39 is 0 Å². The maximum Gasteiger partial charge on any atom is 0.310 e. The van der Waals surface area contributed by atoms with E-state index in [1.807, 2.05) is 19.2 Å². The first kappa shape index (κ1) is 15.6. The summed E-state index contributed by atoms with van der Waals surface area (Å²) in [6.45, 7) is 0. The summed E-state index contributed by atoms with van der Waals surface area (Å²) in [6.07, 6.45) is 1.06. The molecule has 0 aliphatic carbocycles. The number of carbonyl (C=O) groups excluding carboxylic acids is 1. The minimum absolute atomic E-state index is 0.0441. The predicted octanol–water partition coefficient (Wildman–Crippen LogP) is 2.55. The molecule has 0 saturated carbocycles. The Balaban J connectivity index is 1.77. The molecule has 0 spiro atoms. The highest BCUT2D eigenvalue weighted by molar-refractivity contribution is 5.83. The molecule has 0 aromatic heterocycles. The summed E-state index contributed by atoms with van der Waals surface area (Å²) in [7, 11) is 3.47. The molecule has 2 fully saturated rings. The largest absolute Gasteiger partial charge is 0.469 e. The molecule has 1 N–H and O–H groups in total. The number of ether oxygens (including phenoxy) is 1. The number of hydrogen-bond acceptors (Lipinski definition) is 4. The topological polar surface area (TPSA) is 49.8 Å². The second kappa shape index (κ2) is 5.87. The van der Waals surface area contributed by atoms with Gasteiger partial charge in [-0.1, -0.05) is 42.5 Å². The summed E-state index contributed by atoms with van der Waals surface area (Å²) < 4.78 is 5.12. The zero-order valence-electron chi connectivity index (χ0n) is 14.1. The van der Waals surface area contributed by atoms with Gasteiger partial charge in [0.05, 0.1) is 19.1 Å². The van der Waals surface area contributed by atoms with Crippen molar-refractivity contribution < 1.29 is 14.6 Å². The van der Waals surface area contributed by atoms with Gasteiger partial charge in [0.25, 0.3) is 0 Å². The van der Waals surface area contributed by atoms with Gasteiger partial charge in [-0.15, -0.1) is 0 Å². The number of aliphatic hydroxyl groups is 1. The van der Waals surface area contributed by atoms with E-state index in [9.17, 15) is 9.90 Å². The molecular weight excluding hydrogens is 302 g/mol. The van der Waals surface area contributed by atoms with E-state index in [1.165, 1.54) is 23.4 Å². The average Bonchev–Trinajstić information content (AvgIpc) is 2.79. The predicted molar refractivity (Wildman–Crippen MR) is 92.8 cm³/mol. The number of fused-ring (bicyclic) bond motifs is 3. The molecule has 4 nitrogen and oxygen atoms in total. The molecule has 126 valence electrons. The molecule has 2 bridgehead atoms. The van der Waals surface area contributed by atoms with E-state index in [0.29, 0.717) is 6.42 Å². The Morgan fingerprint density at radius 3 is 2.62 bits per heavy atom. The van der Waals surface area contributed by atoms with Gasteiger partial charge in [0.1, 0.15) is 0 Å². The fourth-order valence-electron chi connectivity index (χ4n) is 4.73. The molecular formula is C20H23NO3. The molecule has 2 aliphatic heterocycles. The van der Waals surface area contributed by atoms with Crippen molar-refractivity contribution in [3.8, 4) is 0 Å². The molecule has 2 heterocycles. The van der Waals surface area contributed by atoms with Crippen LogP contribution in [-0.4, -0.2) is 48.3 Å². The molecule has 5 atom stereocenters. The van der Waals surface area contributed by atoms with Crippen molar-refractivity contribution in [1.82, 2.24) is 4.90 Å². The highest BCUT2D eigenvalue weighted by atomic mass is 16.5. The number of piperidine rings is 1. The van der Waals surface area contributed by atoms with Gasteiger partial charge >= 0.3 is 5.97 Å². The van der Waals surface area contributed by atoms with E-state index in [-0.39, 0.29) is 36.0 Å². The lowest BCUT2D eigenvalue weighted by Crippen LogP contribution is -2.49. The van der Waals surface area contributed by atoms with Crippen molar-refractivity contribution in [2.75, 3.05) is 14.2 Å². The van der Waals surface area contributed by atoms with Crippen molar-refractivity contribution in [2.45, 2.75) is 36.9 Å². The van der Waals surface area contributed by atoms with Crippen LogP contribution < -0.4 is 0 Å². The van der Waals surface area contributed by atoms with Crippen LogP contribution in [0.25, 0.3) is 10.8 Å². The summed E-state index contributed by atoms with van der Waals surface area (Å²) in [5.41, 5.74) is 1.17. The second-order valence-corrected chi connectivity index (χ2v) is 7.10. The van der Waals surface area contributed by atoms with E-state index in [2.05, 4.69) is 35.2 Å².